The lowest BCUT2D eigenvalue weighted by Crippen LogP contribution is -2.18. The lowest BCUT2D eigenvalue weighted by Gasteiger charge is -2.08. The predicted molar refractivity (Wildman–Crippen MR) is 76.7 cm³/mol. The Hall–Kier alpha value is -0.590. The molecule has 0 saturated carbocycles. The summed E-state index contributed by atoms with van der Waals surface area (Å²) in [4.78, 5) is 0. The number of methoxy groups -OCH3 is 1. The maximum Gasteiger partial charge on any atom is 0.147 e. The van der Waals surface area contributed by atoms with Gasteiger partial charge in [-0.1, -0.05) is 22.0 Å². The van der Waals surface area contributed by atoms with Crippen LogP contribution in [0.2, 0.25) is 0 Å². The Morgan fingerprint density at radius 1 is 1.39 bits per heavy atom. The van der Waals surface area contributed by atoms with E-state index in [9.17, 15) is 8.42 Å². The van der Waals surface area contributed by atoms with Gasteiger partial charge in [-0.05, 0) is 30.7 Å². The Morgan fingerprint density at radius 3 is 2.67 bits per heavy atom. The zero-order valence-electron chi connectivity index (χ0n) is 10.6. The van der Waals surface area contributed by atoms with Gasteiger partial charge in [-0.25, -0.2) is 8.42 Å². The summed E-state index contributed by atoms with van der Waals surface area (Å²) in [6, 6.07) is 5.79. The van der Waals surface area contributed by atoms with Crippen molar-refractivity contribution in [1.82, 2.24) is 5.32 Å². The third-order valence-electron chi connectivity index (χ3n) is 2.44. The highest BCUT2D eigenvalue weighted by molar-refractivity contribution is 9.10. The van der Waals surface area contributed by atoms with Gasteiger partial charge in [-0.3, -0.25) is 0 Å². The summed E-state index contributed by atoms with van der Waals surface area (Å²) in [5.41, 5.74) is 1.12. The van der Waals surface area contributed by atoms with E-state index in [1.54, 1.807) is 7.11 Å². The van der Waals surface area contributed by atoms with Crippen LogP contribution in [-0.2, 0) is 16.4 Å². The molecule has 0 aliphatic heterocycles. The standard InChI is InChI=1S/C12H18BrNO3S/c1-17-11-5-4-10(12(13)8-11)9-14-6-3-7-18(2,15)16/h4-5,8,14H,3,6-7,9H2,1-2H3. The SMILES string of the molecule is COc1ccc(CNCCCS(C)(=O)=O)c(Br)c1. The summed E-state index contributed by atoms with van der Waals surface area (Å²) >= 11 is 3.47. The van der Waals surface area contributed by atoms with Crippen LogP contribution in [0.3, 0.4) is 0 Å². The Kier molecular flexibility index (Phi) is 6.11. The average Bonchev–Trinajstić information content (AvgIpc) is 2.29. The normalized spacial score (nSPS) is 11.5. The van der Waals surface area contributed by atoms with Crippen LogP contribution in [0.15, 0.2) is 22.7 Å². The summed E-state index contributed by atoms with van der Waals surface area (Å²) in [6.07, 6.45) is 1.89. The van der Waals surface area contributed by atoms with E-state index in [1.807, 2.05) is 18.2 Å². The van der Waals surface area contributed by atoms with E-state index in [0.717, 1.165) is 15.8 Å². The molecule has 18 heavy (non-hydrogen) atoms. The number of rotatable bonds is 7. The molecule has 0 atom stereocenters. The van der Waals surface area contributed by atoms with Crippen molar-refractivity contribution < 1.29 is 13.2 Å². The quantitative estimate of drug-likeness (QED) is 0.774. The number of ether oxygens (including phenoxy) is 1. The first-order chi connectivity index (χ1) is 8.42. The third kappa shape index (κ3) is 5.84. The second-order valence-corrected chi connectivity index (χ2v) is 7.23. The van der Waals surface area contributed by atoms with Crippen molar-refractivity contribution in [3.05, 3.63) is 28.2 Å². The van der Waals surface area contributed by atoms with E-state index < -0.39 is 9.84 Å². The van der Waals surface area contributed by atoms with E-state index in [2.05, 4.69) is 21.2 Å². The van der Waals surface area contributed by atoms with Gasteiger partial charge in [0.25, 0.3) is 0 Å². The van der Waals surface area contributed by atoms with Crippen LogP contribution >= 0.6 is 15.9 Å². The van der Waals surface area contributed by atoms with Crippen molar-refractivity contribution >= 4 is 25.8 Å². The lowest BCUT2D eigenvalue weighted by atomic mass is 10.2. The molecule has 102 valence electrons. The Balaban J connectivity index is 2.36. The number of benzene rings is 1. The van der Waals surface area contributed by atoms with Crippen molar-refractivity contribution in [3.63, 3.8) is 0 Å². The van der Waals surface area contributed by atoms with Gasteiger partial charge in [0.05, 0.1) is 12.9 Å². The smallest absolute Gasteiger partial charge is 0.147 e. The summed E-state index contributed by atoms with van der Waals surface area (Å²) in [7, 11) is -1.22. The third-order valence-corrected chi connectivity index (χ3v) is 4.21. The van der Waals surface area contributed by atoms with Crippen LogP contribution in [0, 0.1) is 0 Å². The average molecular weight is 336 g/mol. The molecule has 1 rings (SSSR count). The fourth-order valence-corrected chi connectivity index (χ4v) is 2.65. The van der Waals surface area contributed by atoms with Gasteiger partial charge >= 0.3 is 0 Å². The molecule has 0 radical (unpaired) electrons. The molecule has 6 heteroatoms. The second-order valence-electron chi connectivity index (χ2n) is 4.12. The number of hydrogen-bond acceptors (Lipinski definition) is 4. The molecule has 0 fully saturated rings. The van der Waals surface area contributed by atoms with Gasteiger partial charge in [-0.15, -0.1) is 0 Å². The molecular weight excluding hydrogens is 318 g/mol. The number of halogens is 1. The number of sulfone groups is 1. The van der Waals surface area contributed by atoms with E-state index in [4.69, 9.17) is 4.74 Å². The molecule has 0 spiro atoms. The molecule has 0 unspecified atom stereocenters. The highest BCUT2D eigenvalue weighted by Crippen LogP contribution is 2.22. The lowest BCUT2D eigenvalue weighted by molar-refractivity contribution is 0.414. The van der Waals surface area contributed by atoms with E-state index in [0.29, 0.717) is 19.5 Å². The van der Waals surface area contributed by atoms with Crippen molar-refractivity contribution in [2.24, 2.45) is 0 Å². The molecule has 1 aromatic carbocycles. The molecule has 0 aliphatic rings. The van der Waals surface area contributed by atoms with Crippen molar-refractivity contribution in [2.45, 2.75) is 13.0 Å². The largest absolute Gasteiger partial charge is 0.497 e. The molecule has 1 aromatic rings. The fraction of sp³-hybridized carbons (Fsp3) is 0.500. The van der Waals surface area contributed by atoms with E-state index >= 15 is 0 Å². The second kappa shape index (κ2) is 7.11. The van der Waals surface area contributed by atoms with Gasteiger partial charge in [0, 0.05) is 17.3 Å². The molecule has 0 aliphatic carbocycles. The molecule has 0 saturated heterocycles. The minimum Gasteiger partial charge on any atom is -0.497 e. The zero-order chi connectivity index (χ0) is 13.6. The molecule has 0 amide bonds. The Labute approximate surface area is 117 Å². The van der Waals surface area contributed by atoms with Crippen LogP contribution in [0.25, 0.3) is 0 Å². The van der Waals surface area contributed by atoms with E-state index in [-0.39, 0.29) is 5.75 Å². The van der Waals surface area contributed by atoms with Gasteiger partial charge in [0.15, 0.2) is 0 Å². The van der Waals surface area contributed by atoms with Crippen molar-refractivity contribution in [2.75, 3.05) is 25.7 Å². The monoisotopic (exact) mass is 335 g/mol. The highest BCUT2D eigenvalue weighted by atomic mass is 79.9. The topological polar surface area (TPSA) is 55.4 Å². The summed E-state index contributed by atoms with van der Waals surface area (Å²) in [5.74, 6) is 1.03. The first-order valence-corrected chi connectivity index (χ1v) is 8.48. The molecule has 1 N–H and O–H groups in total. The fourth-order valence-electron chi connectivity index (χ4n) is 1.48. The molecule has 0 heterocycles. The van der Waals surface area contributed by atoms with Crippen LogP contribution in [0.5, 0.6) is 5.75 Å². The minimum absolute atomic E-state index is 0.226. The predicted octanol–water partition coefficient (Wildman–Crippen LogP) is 1.98. The van der Waals surface area contributed by atoms with Crippen LogP contribution in [0.1, 0.15) is 12.0 Å². The van der Waals surface area contributed by atoms with Crippen LogP contribution in [0.4, 0.5) is 0 Å². The minimum atomic E-state index is -2.85. The summed E-state index contributed by atoms with van der Waals surface area (Å²) < 4.78 is 28.0. The number of nitrogens with one attached hydrogen (secondary N) is 1. The maximum atomic E-state index is 10.9. The Morgan fingerprint density at radius 2 is 2.11 bits per heavy atom. The number of hydrogen-bond donors (Lipinski definition) is 1. The van der Waals surface area contributed by atoms with Crippen molar-refractivity contribution in [1.29, 1.82) is 0 Å². The summed E-state index contributed by atoms with van der Waals surface area (Å²) in [6.45, 7) is 1.39. The first kappa shape index (κ1) is 15.5. The molecular formula is C12H18BrNO3S. The highest BCUT2D eigenvalue weighted by Gasteiger charge is 2.03. The first-order valence-electron chi connectivity index (χ1n) is 5.63. The zero-order valence-corrected chi connectivity index (χ0v) is 13.0. The molecule has 4 nitrogen and oxygen atoms in total. The van der Waals surface area contributed by atoms with Gasteiger partial charge in [0.1, 0.15) is 15.6 Å². The van der Waals surface area contributed by atoms with Crippen LogP contribution < -0.4 is 10.1 Å². The molecule has 0 aromatic heterocycles. The van der Waals surface area contributed by atoms with E-state index in [1.165, 1.54) is 6.26 Å². The van der Waals surface area contributed by atoms with Gasteiger partial charge in [0.2, 0.25) is 0 Å². The summed E-state index contributed by atoms with van der Waals surface area (Å²) in [5, 5.41) is 3.22. The maximum absolute atomic E-state index is 10.9. The Bertz CT molecular complexity index is 488. The van der Waals surface area contributed by atoms with Gasteiger partial charge < -0.3 is 10.1 Å². The van der Waals surface area contributed by atoms with Crippen molar-refractivity contribution in [3.8, 4) is 5.75 Å². The van der Waals surface area contributed by atoms with Crippen LogP contribution in [-0.4, -0.2) is 34.1 Å². The molecule has 0 bridgehead atoms. The van der Waals surface area contributed by atoms with Gasteiger partial charge in [-0.2, -0.15) is 0 Å².